The van der Waals surface area contributed by atoms with Gasteiger partial charge in [-0.25, -0.2) is 0 Å². The number of para-hydroxylation sites is 1. The van der Waals surface area contributed by atoms with Gasteiger partial charge in [0, 0.05) is 29.5 Å². The molecule has 0 aliphatic carbocycles. The van der Waals surface area contributed by atoms with Crippen molar-refractivity contribution >= 4 is 10.9 Å². The molecule has 0 saturated carbocycles. The normalized spacial score (nSPS) is 10.4. The lowest BCUT2D eigenvalue weighted by molar-refractivity contribution is 0.309. The van der Waals surface area contributed by atoms with Crippen LogP contribution in [0.15, 0.2) is 61.1 Å². The van der Waals surface area contributed by atoms with Gasteiger partial charge in [0.2, 0.25) is 0 Å². The molecule has 3 heteroatoms. The van der Waals surface area contributed by atoms with Gasteiger partial charge >= 0.3 is 0 Å². The first-order valence-electron chi connectivity index (χ1n) is 5.79. The molecule has 0 radical (unpaired) electrons. The van der Waals surface area contributed by atoms with Gasteiger partial charge in [0.05, 0.1) is 0 Å². The molecule has 0 aliphatic heterocycles. The fourth-order valence-corrected chi connectivity index (χ4v) is 1.84. The van der Waals surface area contributed by atoms with Gasteiger partial charge in [-0.15, -0.1) is 0 Å². The summed E-state index contributed by atoms with van der Waals surface area (Å²) in [6.45, 7) is 0.503. The van der Waals surface area contributed by atoms with Crippen LogP contribution in [-0.4, -0.2) is 9.97 Å². The molecule has 0 N–H and O–H groups in total. The molecule has 0 atom stereocenters. The van der Waals surface area contributed by atoms with E-state index < -0.39 is 0 Å². The van der Waals surface area contributed by atoms with Crippen LogP contribution in [0.5, 0.6) is 5.75 Å². The van der Waals surface area contributed by atoms with Crippen molar-refractivity contribution in [3.63, 3.8) is 0 Å². The van der Waals surface area contributed by atoms with Crippen molar-refractivity contribution in [1.82, 2.24) is 9.97 Å². The average Bonchev–Trinajstić information content (AvgIpc) is 2.46. The van der Waals surface area contributed by atoms with E-state index in [4.69, 9.17) is 4.74 Å². The third-order valence-corrected chi connectivity index (χ3v) is 2.71. The quantitative estimate of drug-likeness (QED) is 0.700. The Morgan fingerprint density at radius 1 is 0.944 bits per heavy atom. The van der Waals surface area contributed by atoms with Crippen LogP contribution >= 0.6 is 0 Å². The van der Waals surface area contributed by atoms with Crippen LogP contribution in [0.3, 0.4) is 0 Å². The number of nitrogens with zero attached hydrogens (tertiary/aromatic N) is 2. The van der Waals surface area contributed by atoms with E-state index in [1.165, 1.54) is 0 Å². The maximum Gasteiger partial charge on any atom is 0.146 e. The van der Waals surface area contributed by atoms with Crippen LogP contribution in [0.1, 0.15) is 5.56 Å². The molecular formula is C15H12N2O. The summed E-state index contributed by atoms with van der Waals surface area (Å²) < 4.78 is 5.80. The van der Waals surface area contributed by atoms with Crippen molar-refractivity contribution in [3.05, 3.63) is 66.6 Å². The first kappa shape index (κ1) is 10.7. The number of rotatable bonds is 3. The SMILES string of the molecule is c1cncc(COc2cccc3cccnc23)c1. The number of pyridine rings is 2. The van der Waals surface area contributed by atoms with Gasteiger partial charge < -0.3 is 4.74 Å². The molecular weight excluding hydrogens is 224 g/mol. The highest BCUT2D eigenvalue weighted by atomic mass is 16.5. The predicted octanol–water partition coefficient (Wildman–Crippen LogP) is 3.21. The van der Waals surface area contributed by atoms with E-state index in [0.29, 0.717) is 6.61 Å². The zero-order chi connectivity index (χ0) is 12.2. The number of hydrogen-bond donors (Lipinski definition) is 0. The molecule has 0 bridgehead atoms. The van der Waals surface area contributed by atoms with Crippen LogP contribution in [-0.2, 0) is 6.61 Å². The Hall–Kier alpha value is -2.42. The molecule has 2 heterocycles. The summed E-state index contributed by atoms with van der Waals surface area (Å²) in [5, 5.41) is 1.08. The Morgan fingerprint density at radius 3 is 2.72 bits per heavy atom. The highest BCUT2D eigenvalue weighted by Crippen LogP contribution is 2.23. The maximum absolute atomic E-state index is 5.80. The van der Waals surface area contributed by atoms with Gasteiger partial charge in [-0.2, -0.15) is 0 Å². The van der Waals surface area contributed by atoms with Crippen molar-refractivity contribution in [3.8, 4) is 5.75 Å². The minimum absolute atomic E-state index is 0.503. The second kappa shape index (κ2) is 4.84. The van der Waals surface area contributed by atoms with E-state index in [1.807, 2.05) is 42.5 Å². The van der Waals surface area contributed by atoms with E-state index in [1.54, 1.807) is 18.6 Å². The fourth-order valence-electron chi connectivity index (χ4n) is 1.84. The molecule has 3 rings (SSSR count). The van der Waals surface area contributed by atoms with Crippen molar-refractivity contribution in [2.24, 2.45) is 0 Å². The lowest BCUT2D eigenvalue weighted by atomic mass is 10.2. The minimum atomic E-state index is 0.503. The van der Waals surface area contributed by atoms with Crippen molar-refractivity contribution in [2.75, 3.05) is 0 Å². The number of ether oxygens (including phenoxy) is 1. The van der Waals surface area contributed by atoms with E-state index >= 15 is 0 Å². The summed E-state index contributed by atoms with van der Waals surface area (Å²) in [5.74, 6) is 0.803. The summed E-state index contributed by atoms with van der Waals surface area (Å²) in [6, 6.07) is 13.8. The van der Waals surface area contributed by atoms with E-state index in [9.17, 15) is 0 Å². The maximum atomic E-state index is 5.80. The van der Waals surface area contributed by atoms with E-state index in [-0.39, 0.29) is 0 Å². The Balaban J connectivity index is 1.87. The molecule has 3 nitrogen and oxygen atoms in total. The van der Waals surface area contributed by atoms with Gasteiger partial charge in [0.25, 0.3) is 0 Å². The zero-order valence-corrected chi connectivity index (χ0v) is 9.78. The molecule has 3 aromatic rings. The summed E-state index contributed by atoms with van der Waals surface area (Å²) in [6.07, 6.45) is 5.33. The lowest BCUT2D eigenvalue weighted by Gasteiger charge is -2.08. The third-order valence-electron chi connectivity index (χ3n) is 2.71. The Bertz CT molecular complexity index is 647. The molecule has 1 aromatic carbocycles. The smallest absolute Gasteiger partial charge is 0.146 e. The van der Waals surface area contributed by atoms with E-state index in [2.05, 4.69) is 9.97 Å². The summed E-state index contributed by atoms with van der Waals surface area (Å²) in [5.41, 5.74) is 1.94. The van der Waals surface area contributed by atoms with Crippen LogP contribution in [0.25, 0.3) is 10.9 Å². The van der Waals surface area contributed by atoms with Gasteiger partial charge in [-0.1, -0.05) is 24.3 Å². The molecule has 0 unspecified atom stereocenters. The predicted molar refractivity (Wildman–Crippen MR) is 70.3 cm³/mol. The summed E-state index contributed by atoms with van der Waals surface area (Å²) in [7, 11) is 0. The molecule has 0 spiro atoms. The number of benzene rings is 1. The van der Waals surface area contributed by atoms with Gasteiger partial charge in [0.1, 0.15) is 17.9 Å². The van der Waals surface area contributed by atoms with Gasteiger partial charge in [0.15, 0.2) is 0 Å². The van der Waals surface area contributed by atoms with Gasteiger partial charge in [-0.3, -0.25) is 9.97 Å². The monoisotopic (exact) mass is 236 g/mol. The minimum Gasteiger partial charge on any atom is -0.487 e. The van der Waals surface area contributed by atoms with Gasteiger partial charge in [-0.05, 0) is 18.2 Å². The number of aromatic nitrogens is 2. The highest BCUT2D eigenvalue weighted by molar-refractivity contribution is 5.84. The number of fused-ring (bicyclic) bond motifs is 1. The third kappa shape index (κ3) is 2.15. The largest absolute Gasteiger partial charge is 0.487 e. The standard InChI is InChI=1S/C15H12N2O/c1-5-13-6-3-9-17-15(13)14(7-1)18-11-12-4-2-8-16-10-12/h1-10H,11H2. The van der Waals surface area contributed by atoms with Crippen molar-refractivity contribution < 1.29 is 4.74 Å². The Morgan fingerprint density at radius 2 is 1.83 bits per heavy atom. The molecule has 0 saturated heterocycles. The summed E-state index contributed by atoms with van der Waals surface area (Å²) in [4.78, 5) is 8.42. The van der Waals surface area contributed by atoms with E-state index in [0.717, 1.165) is 22.2 Å². The molecule has 0 aliphatic rings. The average molecular weight is 236 g/mol. The molecule has 0 fully saturated rings. The first-order chi connectivity index (χ1) is 8.93. The highest BCUT2D eigenvalue weighted by Gasteiger charge is 2.02. The second-order valence-electron chi connectivity index (χ2n) is 3.98. The van der Waals surface area contributed by atoms with Crippen LogP contribution in [0, 0.1) is 0 Å². The lowest BCUT2D eigenvalue weighted by Crippen LogP contribution is -1.96. The molecule has 0 amide bonds. The van der Waals surface area contributed by atoms with Crippen LogP contribution in [0.2, 0.25) is 0 Å². The molecule has 2 aromatic heterocycles. The van der Waals surface area contributed by atoms with Crippen molar-refractivity contribution in [2.45, 2.75) is 6.61 Å². The summed E-state index contributed by atoms with van der Waals surface area (Å²) >= 11 is 0. The second-order valence-corrected chi connectivity index (χ2v) is 3.98. The Kier molecular flexibility index (Phi) is 2.88. The molecule has 18 heavy (non-hydrogen) atoms. The first-order valence-corrected chi connectivity index (χ1v) is 5.79. The van der Waals surface area contributed by atoms with Crippen LogP contribution < -0.4 is 4.74 Å². The number of hydrogen-bond acceptors (Lipinski definition) is 3. The topological polar surface area (TPSA) is 35.0 Å². The molecule has 88 valence electrons. The van der Waals surface area contributed by atoms with Crippen molar-refractivity contribution in [1.29, 1.82) is 0 Å². The van der Waals surface area contributed by atoms with Crippen LogP contribution in [0.4, 0.5) is 0 Å². The fraction of sp³-hybridized carbons (Fsp3) is 0.0667. The zero-order valence-electron chi connectivity index (χ0n) is 9.78. The Labute approximate surface area is 105 Å².